The summed E-state index contributed by atoms with van der Waals surface area (Å²) >= 11 is 0. The first kappa shape index (κ1) is 10.8. The summed E-state index contributed by atoms with van der Waals surface area (Å²) in [4.78, 5) is 4.01. The summed E-state index contributed by atoms with van der Waals surface area (Å²) in [5.74, 6) is 0. The molecule has 0 aliphatic carbocycles. The fourth-order valence-corrected chi connectivity index (χ4v) is 1.70. The van der Waals surface area contributed by atoms with Crippen LogP contribution in [0.4, 0.5) is 0 Å². The lowest BCUT2D eigenvalue weighted by Gasteiger charge is -2.09. The number of pyridine rings is 1. The first-order valence-electron chi connectivity index (χ1n) is 5.57. The fraction of sp³-hybridized carbons (Fsp3) is 0.214. The van der Waals surface area contributed by atoms with Gasteiger partial charge in [0.05, 0.1) is 0 Å². The second-order valence-electron chi connectivity index (χ2n) is 3.87. The number of nitrogens with two attached hydrogens (primary N) is 1. The zero-order valence-electron chi connectivity index (χ0n) is 9.43. The van der Waals surface area contributed by atoms with Crippen LogP contribution in [0.25, 0.3) is 11.1 Å². The Morgan fingerprint density at radius 1 is 1.00 bits per heavy atom. The quantitative estimate of drug-likeness (QED) is 0.848. The maximum Gasteiger partial charge on any atom is 0.0292 e. The molecule has 0 saturated heterocycles. The lowest BCUT2D eigenvalue weighted by molar-refractivity contribution is 0.699. The molecule has 0 bridgehead atoms. The number of aromatic nitrogens is 1. The molecule has 16 heavy (non-hydrogen) atoms. The first-order chi connectivity index (χ1) is 7.81. The number of nitrogens with zero attached hydrogens (tertiary/aromatic N) is 1. The van der Waals surface area contributed by atoms with Crippen molar-refractivity contribution in [1.29, 1.82) is 0 Å². The summed E-state index contributed by atoms with van der Waals surface area (Å²) in [6.45, 7) is 2.10. The number of rotatable bonds is 3. The molecule has 0 spiro atoms. The van der Waals surface area contributed by atoms with Gasteiger partial charge in [-0.1, -0.05) is 31.2 Å². The highest BCUT2D eigenvalue weighted by atomic mass is 14.6. The largest absolute Gasteiger partial charge is 0.324 e. The van der Waals surface area contributed by atoms with Gasteiger partial charge in [0, 0.05) is 18.4 Å². The van der Waals surface area contributed by atoms with Crippen molar-refractivity contribution >= 4 is 0 Å². The van der Waals surface area contributed by atoms with Gasteiger partial charge in [-0.05, 0) is 35.2 Å². The average Bonchev–Trinajstić information content (AvgIpc) is 2.39. The molecule has 82 valence electrons. The Morgan fingerprint density at radius 2 is 1.56 bits per heavy atom. The molecule has 1 aromatic carbocycles. The standard InChI is InChI=1S/C14H16N2/c1-2-14(15)13-5-3-11(4-6-13)12-7-9-16-10-8-12/h3-10,14H,2,15H2,1H3. The van der Waals surface area contributed by atoms with Crippen LogP contribution in [0.5, 0.6) is 0 Å². The molecular weight excluding hydrogens is 196 g/mol. The van der Waals surface area contributed by atoms with E-state index in [-0.39, 0.29) is 6.04 Å². The second kappa shape index (κ2) is 4.90. The monoisotopic (exact) mass is 212 g/mol. The molecule has 2 rings (SSSR count). The molecule has 1 atom stereocenters. The molecule has 0 radical (unpaired) electrons. The lowest BCUT2D eigenvalue weighted by atomic mass is 10.0. The Kier molecular flexibility index (Phi) is 3.32. The Balaban J connectivity index is 2.26. The highest BCUT2D eigenvalue weighted by Gasteiger charge is 2.03. The topological polar surface area (TPSA) is 38.9 Å². The van der Waals surface area contributed by atoms with E-state index in [1.54, 1.807) is 12.4 Å². The van der Waals surface area contributed by atoms with E-state index in [2.05, 4.69) is 36.2 Å². The van der Waals surface area contributed by atoms with Crippen LogP contribution in [0.15, 0.2) is 48.8 Å². The average molecular weight is 212 g/mol. The maximum absolute atomic E-state index is 5.97. The Hall–Kier alpha value is -1.67. The minimum absolute atomic E-state index is 0.145. The molecule has 2 heteroatoms. The smallest absolute Gasteiger partial charge is 0.0292 e. The minimum atomic E-state index is 0.145. The maximum atomic E-state index is 5.97. The lowest BCUT2D eigenvalue weighted by Crippen LogP contribution is -2.07. The van der Waals surface area contributed by atoms with E-state index in [1.165, 1.54) is 16.7 Å². The zero-order chi connectivity index (χ0) is 11.4. The van der Waals surface area contributed by atoms with Crippen LogP contribution >= 0.6 is 0 Å². The summed E-state index contributed by atoms with van der Waals surface area (Å²) in [5.41, 5.74) is 9.56. The fourth-order valence-electron chi connectivity index (χ4n) is 1.70. The molecule has 0 aliphatic rings. The van der Waals surface area contributed by atoms with Gasteiger partial charge < -0.3 is 5.73 Å². The van der Waals surface area contributed by atoms with Crippen LogP contribution in [0, 0.1) is 0 Å². The summed E-state index contributed by atoms with van der Waals surface area (Å²) in [6, 6.07) is 12.6. The molecule has 2 nitrogen and oxygen atoms in total. The van der Waals surface area contributed by atoms with Crippen molar-refractivity contribution < 1.29 is 0 Å². The highest BCUT2D eigenvalue weighted by molar-refractivity contribution is 5.62. The molecule has 1 heterocycles. The third-order valence-corrected chi connectivity index (χ3v) is 2.79. The number of benzene rings is 1. The van der Waals surface area contributed by atoms with Crippen molar-refractivity contribution in [1.82, 2.24) is 4.98 Å². The predicted molar refractivity (Wildman–Crippen MR) is 66.9 cm³/mol. The summed E-state index contributed by atoms with van der Waals surface area (Å²) in [7, 11) is 0. The van der Waals surface area contributed by atoms with Gasteiger partial charge in [0.1, 0.15) is 0 Å². The van der Waals surface area contributed by atoms with Crippen LogP contribution in [-0.4, -0.2) is 4.98 Å². The molecule has 2 N–H and O–H groups in total. The van der Waals surface area contributed by atoms with Crippen molar-refractivity contribution in [2.45, 2.75) is 19.4 Å². The van der Waals surface area contributed by atoms with Crippen LogP contribution in [0.3, 0.4) is 0 Å². The van der Waals surface area contributed by atoms with Crippen molar-refractivity contribution in [3.05, 3.63) is 54.4 Å². The van der Waals surface area contributed by atoms with Gasteiger partial charge in [-0.15, -0.1) is 0 Å². The third-order valence-electron chi connectivity index (χ3n) is 2.79. The van der Waals surface area contributed by atoms with Crippen molar-refractivity contribution in [3.63, 3.8) is 0 Å². The van der Waals surface area contributed by atoms with Crippen LogP contribution < -0.4 is 5.73 Å². The van der Waals surface area contributed by atoms with Crippen LogP contribution in [-0.2, 0) is 0 Å². The second-order valence-corrected chi connectivity index (χ2v) is 3.87. The molecule has 1 aromatic heterocycles. The summed E-state index contributed by atoms with van der Waals surface area (Å²) < 4.78 is 0. The van der Waals surface area contributed by atoms with Crippen LogP contribution in [0.1, 0.15) is 24.9 Å². The van der Waals surface area contributed by atoms with E-state index in [0.717, 1.165) is 6.42 Å². The molecule has 0 aliphatic heterocycles. The normalized spacial score (nSPS) is 12.4. The first-order valence-corrected chi connectivity index (χ1v) is 5.57. The molecule has 1 unspecified atom stereocenters. The van der Waals surface area contributed by atoms with Gasteiger partial charge in [-0.2, -0.15) is 0 Å². The van der Waals surface area contributed by atoms with Crippen molar-refractivity contribution in [3.8, 4) is 11.1 Å². The molecular formula is C14H16N2. The van der Waals surface area contributed by atoms with Crippen molar-refractivity contribution in [2.75, 3.05) is 0 Å². The van der Waals surface area contributed by atoms with Crippen molar-refractivity contribution in [2.24, 2.45) is 5.73 Å². The van der Waals surface area contributed by atoms with E-state index in [1.807, 2.05) is 12.1 Å². The van der Waals surface area contributed by atoms with E-state index < -0.39 is 0 Å². The molecule has 2 aromatic rings. The summed E-state index contributed by atoms with van der Waals surface area (Å²) in [6.07, 6.45) is 4.58. The van der Waals surface area contributed by atoms with Gasteiger partial charge in [-0.3, -0.25) is 4.98 Å². The number of hydrogen-bond donors (Lipinski definition) is 1. The Bertz CT molecular complexity index is 434. The van der Waals surface area contributed by atoms with Gasteiger partial charge in [-0.25, -0.2) is 0 Å². The Morgan fingerprint density at radius 3 is 2.12 bits per heavy atom. The summed E-state index contributed by atoms with van der Waals surface area (Å²) in [5, 5.41) is 0. The van der Waals surface area contributed by atoms with Gasteiger partial charge in [0.15, 0.2) is 0 Å². The van der Waals surface area contributed by atoms with E-state index in [9.17, 15) is 0 Å². The third kappa shape index (κ3) is 2.28. The zero-order valence-corrected chi connectivity index (χ0v) is 9.43. The van der Waals surface area contributed by atoms with E-state index in [4.69, 9.17) is 5.73 Å². The SMILES string of the molecule is CCC(N)c1ccc(-c2ccncc2)cc1. The van der Waals surface area contributed by atoms with E-state index in [0.29, 0.717) is 0 Å². The molecule has 0 saturated carbocycles. The van der Waals surface area contributed by atoms with Crippen LogP contribution in [0.2, 0.25) is 0 Å². The number of hydrogen-bond acceptors (Lipinski definition) is 2. The van der Waals surface area contributed by atoms with Gasteiger partial charge in [0.2, 0.25) is 0 Å². The van der Waals surface area contributed by atoms with E-state index >= 15 is 0 Å². The van der Waals surface area contributed by atoms with Gasteiger partial charge in [0.25, 0.3) is 0 Å². The Labute approximate surface area is 96.1 Å². The highest BCUT2D eigenvalue weighted by Crippen LogP contribution is 2.21. The molecule has 0 amide bonds. The predicted octanol–water partition coefficient (Wildman–Crippen LogP) is 3.16. The molecule has 0 fully saturated rings. The minimum Gasteiger partial charge on any atom is -0.324 e. The van der Waals surface area contributed by atoms with Gasteiger partial charge >= 0.3 is 0 Å².